The highest BCUT2D eigenvalue weighted by Gasteiger charge is 2.14. The predicted molar refractivity (Wildman–Crippen MR) is 73.0 cm³/mol. The summed E-state index contributed by atoms with van der Waals surface area (Å²) in [5, 5.41) is 11.8. The SMILES string of the molecule is O=c1n(-c2ccccc2)cc([O-])c[n+]1-c1ccccc1. The highest BCUT2D eigenvalue weighted by atomic mass is 16.3. The van der Waals surface area contributed by atoms with E-state index in [2.05, 4.69) is 0 Å². The lowest BCUT2D eigenvalue weighted by Crippen LogP contribution is -2.51. The quantitative estimate of drug-likeness (QED) is 0.653. The second-order valence-corrected chi connectivity index (χ2v) is 4.35. The van der Waals surface area contributed by atoms with Crippen LogP contribution >= 0.6 is 0 Å². The average Bonchev–Trinajstić information content (AvgIpc) is 2.51. The van der Waals surface area contributed by atoms with Gasteiger partial charge in [-0.25, -0.2) is 0 Å². The van der Waals surface area contributed by atoms with Gasteiger partial charge in [-0.1, -0.05) is 36.4 Å². The van der Waals surface area contributed by atoms with Crippen LogP contribution in [0.5, 0.6) is 5.75 Å². The smallest absolute Gasteiger partial charge is 0.508 e. The maximum atomic E-state index is 12.5. The van der Waals surface area contributed by atoms with E-state index in [4.69, 9.17) is 0 Å². The largest absolute Gasteiger partial charge is 0.868 e. The van der Waals surface area contributed by atoms with E-state index in [0.717, 1.165) is 0 Å². The summed E-state index contributed by atoms with van der Waals surface area (Å²) in [4.78, 5) is 12.5. The van der Waals surface area contributed by atoms with Gasteiger partial charge in [-0.3, -0.25) is 0 Å². The Morgan fingerprint density at radius 3 is 2.15 bits per heavy atom. The van der Waals surface area contributed by atoms with Crippen molar-refractivity contribution in [2.24, 2.45) is 0 Å². The zero-order valence-electron chi connectivity index (χ0n) is 10.6. The van der Waals surface area contributed by atoms with Crippen molar-refractivity contribution >= 4 is 0 Å². The molecule has 98 valence electrons. The molecular formula is C16H12N2O2. The molecule has 0 bridgehead atoms. The summed E-state index contributed by atoms with van der Waals surface area (Å²) in [6.45, 7) is 0. The van der Waals surface area contributed by atoms with Crippen LogP contribution < -0.4 is 15.4 Å². The molecule has 20 heavy (non-hydrogen) atoms. The molecule has 0 unspecified atom stereocenters. The minimum absolute atomic E-state index is 0.225. The summed E-state index contributed by atoms with van der Waals surface area (Å²) in [6, 6.07) is 18.2. The molecule has 2 aromatic carbocycles. The minimum Gasteiger partial charge on any atom is -0.868 e. The summed E-state index contributed by atoms with van der Waals surface area (Å²) in [5.41, 5.74) is 1.06. The van der Waals surface area contributed by atoms with Crippen molar-refractivity contribution in [2.45, 2.75) is 0 Å². The molecular weight excluding hydrogens is 252 g/mol. The van der Waals surface area contributed by atoms with Crippen molar-refractivity contribution in [1.29, 1.82) is 0 Å². The van der Waals surface area contributed by atoms with Crippen LogP contribution in [0.3, 0.4) is 0 Å². The molecule has 0 aliphatic rings. The maximum absolute atomic E-state index is 12.5. The van der Waals surface area contributed by atoms with Crippen LogP contribution in [-0.2, 0) is 0 Å². The second-order valence-electron chi connectivity index (χ2n) is 4.35. The van der Waals surface area contributed by atoms with E-state index in [1.54, 1.807) is 24.3 Å². The average molecular weight is 264 g/mol. The molecule has 1 heterocycles. The number of para-hydroxylation sites is 2. The van der Waals surface area contributed by atoms with Gasteiger partial charge in [0.1, 0.15) is 11.4 Å². The number of nitrogens with zero attached hydrogens (tertiary/aromatic N) is 2. The highest BCUT2D eigenvalue weighted by Crippen LogP contribution is 2.07. The first kappa shape index (κ1) is 12.2. The number of benzene rings is 2. The Hall–Kier alpha value is -2.88. The first-order chi connectivity index (χ1) is 9.75. The molecule has 0 fully saturated rings. The van der Waals surface area contributed by atoms with Crippen LogP contribution in [0.2, 0.25) is 0 Å². The fourth-order valence-corrected chi connectivity index (χ4v) is 2.06. The topological polar surface area (TPSA) is 48.9 Å². The number of hydrogen-bond donors (Lipinski definition) is 0. The maximum Gasteiger partial charge on any atom is 0.508 e. The highest BCUT2D eigenvalue weighted by molar-refractivity contribution is 5.32. The minimum atomic E-state index is -0.276. The molecule has 0 aliphatic carbocycles. The molecule has 4 heteroatoms. The van der Waals surface area contributed by atoms with Crippen molar-refractivity contribution in [1.82, 2.24) is 4.57 Å². The molecule has 0 N–H and O–H groups in total. The van der Waals surface area contributed by atoms with Gasteiger partial charge in [-0.15, -0.1) is 0 Å². The van der Waals surface area contributed by atoms with Gasteiger partial charge in [0.15, 0.2) is 0 Å². The van der Waals surface area contributed by atoms with Gasteiger partial charge in [0.25, 0.3) is 0 Å². The Kier molecular flexibility index (Phi) is 3.05. The lowest BCUT2D eigenvalue weighted by Gasteiger charge is -2.08. The number of rotatable bonds is 2. The molecule has 1 aromatic heterocycles. The third kappa shape index (κ3) is 2.19. The molecule has 0 saturated carbocycles. The Bertz CT molecular complexity index is 717. The van der Waals surface area contributed by atoms with Crippen LogP contribution in [0.4, 0.5) is 0 Å². The van der Waals surface area contributed by atoms with Gasteiger partial charge in [0.2, 0.25) is 0 Å². The normalized spacial score (nSPS) is 10.4. The Balaban J connectivity index is 2.25. The van der Waals surface area contributed by atoms with Gasteiger partial charge in [0.05, 0.1) is 12.4 Å². The fraction of sp³-hybridized carbons (Fsp3) is 0. The molecule has 4 nitrogen and oxygen atoms in total. The first-order valence-electron chi connectivity index (χ1n) is 6.22. The van der Waals surface area contributed by atoms with Crippen LogP contribution in [0, 0.1) is 0 Å². The Morgan fingerprint density at radius 1 is 0.900 bits per heavy atom. The third-order valence-electron chi connectivity index (χ3n) is 2.99. The lowest BCUT2D eigenvalue weighted by molar-refractivity contribution is -0.620. The monoisotopic (exact) mass is 264 g/mol. The molecule has 0 spiro atoms. The number of hydrogen-bond acceptors (Lipinski definition) is 2. The van der Waals surface area contributed by atoms with Gasteiger partial charge >= 0.3 is 5.69 Å². The van der Waals surface area contributed by atoms with Gasteiger partial charge in [0, 0.05) is 0 Å². The Labute approximate surface area is 115 Å². The van der Waals surface area contributed by atoms with E-state index in [1.807, 2.05) is 36.4 Å². The van der Waals surface area contributed by atoms with Gasteiger partial charge < -0.3 is 5.11 Å². The zero-order chi connectivity index (χ0) is 13.9. The van der Waals surface area contributed by atoms with Crippen LogP contribution in [0.25, 0.3) is 11.4 Å². The van der Waals surface area contributed by atoms with Crippen molar-refractivity contribution in [3.05, 3.63) is 83.5 Å². The van der Waals surface area contributed by atoms with E-state index in [9.17, 15) is 9.90 Å². The predicted octanol–water partition coefficient (Wildman–Crippen LogP) is 1.19. The zero-order valence-corrected chi connectivity index (χ0v) is 10.6. The number of aromatic nitrogens is 2. The van der Waals surface area contributed by atoms with E-state index in [0.29, 0.717) is 11.4 Å². The van der Waals surface area contributed by atoms with Gasteiger partial charge in [-0.05, 0) is 30.0 Å². The second kappa shape index (κ2) is 5.01. The van der Waals surface area contributed by atoms with Crippen molar-refractivity contribution in [2.75, 3.05) is 0 Å². The molecule has 0 saturated heterocycles. The van der Waals surface area contributed by atoms with E-state index >= 15 is 0 Å². The molecule has 0 aliphatic heterocycles. The fourth-order valence-electron chi connectivity index (χ4n) is 2.06. The van der Waals surface area contributed by atoms with Crippen LogP contribution in [0.15, 0.2) is 77.9 Å². The summed E-state index contributed by atoms with van der Waals surface area (Å²) >= 11 is 0. The van der Waals surface area contributed by atoms with E-state index < -0.39 is 0 Å². The van der Waals surface area contributed by atoms with Crippen LogP contribution in [0.1, 0.15) is 0 Å². The molecule has 0 atom stereocenters. The molecule has 0 radical (unpaired) electrons. The van der Waals surface area contributed by atoms with Crippen LogP contribution in [-0.4, -0.2) is 4.57 Å². The van der Waals surface area contributed by atoms with Crippen molar-refractivity contribution in [3.63, 3.8) is 0 Å². The Morgan fingerprint density at radius 2 is 1.50 bits per heavy atom. The summed E-state index contributed by atoms with van der Waals surface area (Å²) < 4.78 is 2.71. The van der Waals surface area contributed by atoms with Crippen molar-refractivity contribution in [3.8, 4) is 17.1 Å². The summed E-state index contributed by atoms with van der Waals surface area (Å²) in [5.74, 6) is -0.225. The lowest BCUT2D eigenvalue weighted by atomic mass is 10.3. The molecule has 0 amide bonds. The van der Waals surface area contributed by atoms with E-state index in [-0.39, 0.29) is 11.4 Å². The third-order valence-corrected chi connectivity index (χ3v) is 2.99. The molecule has 3 aromatic rings. The van der Waals surface area contributed by atoms with E-state index in [1.165, 1.54) is 21.5 Å². The first-order valence-corrected chi connectivity index (χ1v) is 6.22. The summed E-state index contributed by atoms with van der Waals surface area (Å²) in [7, 11) is 0. The van der Waals surface area contributed by atoms with Gasteiger partial charge in [-0.2, -0.15) is 13.9 Å². The standard InChI is InChI=1S/C16H12N2O2/c19-15-11-17(13-7-3-1-4-8-13)16(20)18(12-15)14-9-5-2-6-10-14/h1-12H. The van der Waals surface area contributed by atoms with Crippen molar-refractivity contribution < 1.29 is 9.67 Å². The molecule has 3 rings (SSSR count). The summed E-state index contributed by atoms with van der Waals surface area (Å²) in [6.07, 6.45) is 2.61.